The van der Waals surface area contributed by atoms with Crippen molar-refractivity contribution < 1.29 is 4.74 Å². The number of hydrogen-bond acceptors (Lipinski definition) is 3. The molecule has 0 spiro atoms. The number of aromatic nitrogens is 3. The van der Waals surface area contributed by atoms with E-state index in [4.69, 9.17) is 4.74 Å². The van der Waals surface area contributed by atoms with Gasteiger partial charge in [-0.1, -0.05) is 12.1 Å². The van der Waals surface area contributed by atoms with Crippen molar-refractivity contribution in [1.29, 1.82) is 0 Å². The largest absolute Gasteiger partial charge is 0.495 e. The Bertz CT molecular complexity index is 758. The van der Waals surface area contributed by atoms with Gasteiger partial charge in [0, 0.05) is 6.20 Å². The Balaban J connectivity index is 2.33. The molecule has 3 aromatic rings. The molecular weight excluding hydrogens is 230 g/mol. The van der Waals surface area contributed by atoms with Gasteiger partial charge in [0.2, 0.25) is 0 Å². The van der Waals surface area contributed by atoms with E-state index in [1.807, 2.05) is 35.0 Å². The first-order valence-electron chi connectivity index (χ1n) is 5.49. The van der Waals surface area contributed by atoms with E-state index in [9.17, 15) is 4.79 Å². The number of methoxy groups -OCH3 is 1. The minimum atomic E-state index is -0.145. The molecule has 5 nitrogen and oxygen atoms in total. The fourth-order valence-corrected chi connectivity index (χ4v) is 1.99. The minimum Gasteiger partial charge on any atom is -0.495 e. The maximum atomic E-state index is 11.6. The van der Waals surface area contributed by atoms with Gasteiger partial charge in [-0.3, -0.25) is 9.36 Å². The molecule has 0 aliphatic heterocycles. The highest BCUT2D eigenvalue weighted by Crippen LogP contribution is 2.24. The molecule has 0 aliphatic rings. The lowest BCUT2D eigenvalue weighted by Crippen LogP contribution is -2.06. The van der Waals surface area contributed by atoms with Crippen LogP contribution >= 0.6 is 0 Å². The van der Waals surface area contributed by atoms with Crippen molar-refractivity contribution in [2.75, 3.05) is 7.11 Å². The Morgan fingerprint density at radius 2 is 2.11 bits per heavy atom. The van der Waals surface area contributed by atoms with Gasteiger partial charge in [-0.2, -0.15) is 0 Å². The Kier molecular flexibility index (Phi) is 2.37. The van der Waals surface area contributed by atoms with Gasteiger partial charge >= 0.3 is 0 Å². The summed E-state index contributed by atoms with van der Waals surface area (Å²) in [6.45, 7) is 0. The normalized spacial score (nSPS) is 10.7. The fraction of sp³-hybridized carbons (Fsp3) is 0.0769. The second kappa shape index (κ2) is 4.03. The molecule has 1 aromatic carbocycles. The highest BCUT2D eigenvalue weighted by Gasteiger charge is 2.10. The molecule has 2 aromatic heterocycles. The van der Waals surface area contributed by atoms with Crippen molar-refractivity contribution in [3.05, 3.63) is 53.2 Å². The van der Waals surface area contributed by atoms with Crippen LogP contribution in [0.15, 0.2) is 47.7 Å². The smallest absolute Gasteiger partial charge is 0.260 e. The average molecular weight is 241 g/mol. The van der Waals surface area contributed by atoms with Crippen LogP contribution in [0.4, 0.5) is 0 Å². The molecule has 0 atom stereocenters. The Labute approximate surface area is 103 Å². The third-order valence-corrected chi connectivity index (χ3v) is 2.83. The summed E-state index contributed by atoms with van der Waals surface area (Å²) in [5.74, 6) is 0.733. The topological polar surface area (TPSA) is 59.9 Å². The number of rotatable bonds is 2. The summed E-state index contributed by atoms with van der Waals surface area (Å²) in [5, 5.41) is 0.559. The van der Waals surface area contributed by atoms with E-state index in [0.29, 0.717) is 11.0 Å². The van der Waals surface area contributed by atoms with E-state index < -0.39 is 0 Å². The van der Waals surface area contributed by atoms with Gasteiger partial charge in [-0.25, -0.2) is 4.98 Å². The van der Waals surface area contributed by atoms with E-state index >= 15 is 0 Å². The van der Waals surface area contributed by atoms with Gasteiger partial charge in [0.15, 0.2) is 5.65 Å². The number of fused-ring (bicyclic) bond motifs is 1. The maximum Gasteiger partial charge on any atom is 0.260 e. The highest BCUT2D eigenvalue weighted by molar-refractivity contribution is 5.77. The molecule has 2 heterocycles. The quantitative estimate of drug-likeness (QED) is 0.743. The molecule has 90 valence electrons. The Morgan fingerprint density at radius 1 is 1.28 bits per heavy atom. The van der Waals surface area contributed by atoms with Crippen molar-refractivity contribution >= 4 is 11.0 Å². The van der Waals surface area contributed by atoms with Gasteiger partial charge in [-0.15, -0.1) is 0 Å². The van der Waals surface area contributed by atoms with Crippen LogP contribution in [0.1, 0.15) is 0 Å². The summed E-state index contributed by atoms with van der Waals surface area (Å²) in [6.07, 6.45) is 3.21. The van der Waals surface area contributed by atoms with Gasteiger partial charge in [0.1, 0.15) is 5.75 Å². The maximum absolute atomic E-state index is 11.6. The second-order valence-electron chi connectivity index (χ2n) is 3.83. The van der Waals surface area contributed by atoms with Crippen LogP contribution in [0.5, 0.6) is 5.75 Å². The fourth-order valence-electron chi connectivity index (χ4n) is 1.99. The summed E-state index contributed by atoms with van der Waals surface area (Å²) >= 11 is 0. The molecule has 3 rings (SSSR count). The highest BCUT2D eigenvalue weighted by atomic mass is 16.5. The number of nitrogens with zero attached hydrogens (tertiary/aromatic N) is 2. The Hall–Kier alpha value is -2.56. The molecule has 0 aliphatic carbocycles. The first-order chi connectivity index (χ1) is 8.81. The molecule has 0 unspecified atom stereocenters. The van der Waals surface area contributed by atoms with Crippen molar-refractivity contribution in [2.45, 2.75) is 0 Å². The van der Waals surface area contributed by atoms with E-state index in [-0.39, 0.29) is 5.56 Å². The molecule has 0 amide bonds. The van der Waals surface area contributed by atoms with Crippen LogP contribution in [-0.2, 0) is 0 Å². The van der Waals surface area contributed by atoms with Gasteiger partial charge < -0.3 is 9.72 Å². The zero-order valence-electron chi connectivity index (χ0n) is 9.75. The van der Waals surface area contributed by atoms with Crippen LogP contribution < -0.4 is 10.3 Å². The van der Waals surface area contributed by atoms with E-state index in [2.05, 4.69) is 9.97 Å². The zero-order chi connectivity index (χ0) is 12.5. The first-order valence-corrected chi connectivity index (χ1v) is 5.49. The molecule has 0 saturated heterocycles. The second-order valence-corrected chi connectivity index (χ2v) is 3.83. The zero-order valence-corrected chi connectivity index (χ0v) is 9.75. The standard InChI is InChI=1S/C13H11N3O2/c1-18-11-5-3-2-4-10(11)16-7-6-9-12(16)14-8-15-13(9)17/h2-8H,1H3,(H,14,15,17). The summed E-state index contributed by atoms with van der Waals surface area (Å²) < 4.78 is 7.15. The van der Waals surface area contributed by atoms with Gasteiger partial charge in [-0.05, 0) is 18.2 Å². The molecule has 5 heteroatoms. The van der Waals surface area contributed by atoms with Crippen LogP contribution in [0, 0.1) is 0 Å². The molecule has 0 radical (unpaired) electrons. The molecular formula is C13H11N3O2. The number of ether oxygens (including phenoxy) is 1. The van der Waals surface area contributed by atoms with Crippen LogP contribution in [0.2, 0.25) is 0 Å². The van der Waals surface area contributed by atoms with E-state index in [1.165, 1.54) is 6.33 Å². The Morgan fingerprint density at radius 3 is 2.94 bits per heavy atom. The lowest BCUT2D eigenvalue weighted by atomic mass is 10.3. The molecule has 0 saturated carbocycles. The summed E-state index contributed by atoms with van der Waals surface area (Å²) in [6, 6.07) is 9.34. The average Bonchev–Trinajstić information content (AvgIpc) is 2.84. The molecule has 1 N–H and O–H groups in total. The van der Waals surface area contributed by atoms with Crippen LogP contribution in [0.25, 0.3) is 16.7 Å². The number of benzene rings is 1. The number of aromatic amines is 1. The molecule has 0 fully saturated rings. The van der Waals surface area contributed by atoms with Gasteiger partial charge in [0.25, 0.3) is 5.56 Å². The monoisotopic (exact) mass is 241 g/mol. The SMILES string of the molecule is COc1ccccc1-n1ccc2c(=O)[nH]cnc21. The summed E-state index contributed by atoms with van der Waals surface area (Å²) in [7, 11) is 1.62. The van der Waals surface area contributed by atoms with Crippen molar-refractivity contribution in [2.24, 2.45) is 0 Å². The van der Waals surface area contributed by atoms with E-state index in [1.54, 1.807) is 13.2 Å². The summed E-state index contributed by atoms with van der Waals surface area (Å²) in [4.78, 5) is 18.4. The predicted molar refractivity (Wildman–Crippen MR) is 68.2 cm³/mol. The van der Waals surface area contributed by atoms with Crippen LogP contribution in [0.3, 0.4) is 0 Å². The lowest BCUT2D eigenvalue weighted by molar-refractivity contribution is 0.413. The van der Waals surface area contributed by atoms with E-state index in [0.717, 1.165) is 11.4 Å². The minimum absolute atomic E-state index is 0.145. The first kappa shape index (κ1) is 10.6. The van der Waals surface area contributed by atoms with Crippen molar-refractivity contribution in [3.63, 3.8) is 0 Å². The number of H-pyrrole nitrogens is 1. The predicted octanol–water partition coefficient (Wildman–Crippen LogP) is 1.72. The number of para-hydroxylation sites is 2. The number of hydrogen-bond donors (Lipinski definition) is 1. The van der Waals surface area contributed by atoms with Crippen LogP contribution in [-0.4, -0.2) is 21.6 Å². The lowest BCUT2D eigenvalue weighted by Gasteiger charge is -2.09. The molecule has 0 bridgehead atoms. The third-order valence-electron chi connectivity index (χ3n) is 2.83. The molecule has 18 heavy (non-hydrogen) atoms. The summed E-state index contributed by atoms with van der Waals surface area (Å²) in [5.41, 5.74) is 1.32. The third kappa shape index (κ3) is 1.48. The van der Waals surface area contributed by atoms with Crippen molar-refractivity contribution in [1.82, 2.24) is 14.5 Å². The van der Waals surface area contributed by atoms with Crippen molar-refractivity contribution in [3.8, 4) is 11.4 Å². The number of nitrogens with one attached hydrogen (secondary N) is 1. The van der Waals surface area contributed by atoms with Gasteiger partial charge in [0.05, 0.1) is 24.5 Å².